The van der Waals surface area contributed by atoms with Gasteiger partial charge in [0, 0.05) is 11.6 Å². The summed E-state index contributed by atoms with van der Waals surface area (Å²) in [5.41, 5.74) is 1.67. The molecule has 1 aliphatic rings. The van der Waals surface area contributed by atoms with Gasteiger partial charge in [0.15, 0.2) is 5.76 Å². The Bertz CT molecular complexity index is 1140. The third kappa shape index (κ3) is 4.48. The Hall–Kier alpha value is -3.93. The van der Waals surface area contributed by atoms with E-state index in [-0.39, 0.29) is 24.0 Å². The molecule has 3 aromatic rings. The van der Waals surface area contributed by atoms with Crippen LogP contribution in [0.1, 0.15) is 34.5 Å². The first-order chi connectivity index (χ1) is 15.0. The van der Waals surface area contributed by atoms with Crippen molar-refractivity contribution in [1.29, 1.82) is 0 Å². The molecule has 0 fully saturated rings. The third-order valence-electron chi connectivity index (χ3n) is 4.67. The zero-order valence-corrected chi connectivity index (χ0v) is 16.7. The Morgan fingerprint density at radius 1 is 1.06 bits per heavy atom. The largest absolute Gasteiger partial charge is 0.474 e. The summed E-state index contributed by atoms with van der Waals surface area (Å²) in [6, 6.07) is 19.5. The molecule has 31 heavy (non-hydrogen) atoms. The van der Waals surface area contributed by atoms with E-state index in [0.29, 0.717) is 28.2 Å². The van der Waals surface area contributed by atoms with Crippen molar-refractivity contribution in [3.63, 3.8) is 0 Å². The summed E-state index contributed by atoms with van der Waals surface area (Å²) in [5.74, 6) is -0.341. The van der Waals surface area contributed by atoms with E-state index in [2.05, 4.69) is 0 Å². The number of fused-ring (bicyclic) bond motifs is 1. The molecule has 0 aliphatic carbocycles. The fraction of sp³-hybridized carbons (Fsp3) is 0.120. The van der Waals surface area contributed by atoms with Crippen molar-refractivity contribution in [2.75, 3.05) is 6.61 Å². The van der Waals surface area contributed by atoms with E-state index >= 15 is 0 Å². The minimum Gasteiger partial charge on any atom is -0.474 e. The minimum absolute atomic E-state index is 0.128. The van der Waals surface area contributed by atoms with E-state index in [1.807, 2.05) is 18.2 Å². The number of carbonyl (C=O) groups excluding carboxylic acids is 2. The summed E-state index contributed by atoms with van der Waals surface area (Å²) in [7, 11) is 0. The highest BCUT2D eigenvalue weighted by atomic mass is 19.1. The molecule has 0 bridgehead atoms. The lowest BCUT2D eigenvalue weighted by Crippen LogP contribution is -2.21. The molecular formula is C25H19FO5. The lowest BCUT2D eigenvalue weighted by atomic mass is 10.1. The topological polar surface area (TPSA) is 61.8 Å². The number of carbonyl (C=O) groups is 2. The van der Waals surface area contributed by atoms with Crippen LogP contribution in [0.5, 0.6) is 11.5 Å². The van der Waals surface area contributed by atoms with Crippen LogP contribution in [0.25, 0.3) is 6.08 Å². The van der Waals surface area contributed by atoms with E-state index in [1.165, 1.54) is 12.1 Å². The van der Waals surface area contributed by atoms with Crippen LogP contribution in [0.4, 0.5) is 4.39 Å². The zero-order valence-electron chi connectivity index (χ0n) is 16.7. The van der Waals surface area contributed by atoms with Crippen molar-refractivity contribution in [3.05, 3.63) is 101 Å². The summed E-state index contributed by atoms with van der Waals surface area (Å²) in [4.78, 5) is 25.1. The van der Waals surface area contributed by atoms with Gasteiger partial charge in [-0.3, -0.25) is 4.79 Å². The predicted octanol–water partition coefficient (Wildman–Crippen LogP) is 5.13. The van der Waals surface area contributed by atoms with Gasteiger partial charge in [0.05, 0.1) is 12.2 Å². The average molecular weight is 418 g/mol. The molecule has 1 heterocycles. The van der Waals surface area contributed by atoms with E-state index in [4.69, 9.17) is 14.2 Å². The number of rotatable bonds is 6. The molecule has 6 heteroatoms. The molecule has 0 radical (unpaired) electrons. The summed E-state index contributed by atoms with van der Waals surface area (Å²) < 4.78 is 29.9. The summed E-state index contributed by atoms with van der Waals surface area (Å²) in [5, 5.41) is 0. The lowest BCUT2D eigenvalue weighted by molar-refractivity contribution is -0.151. The maximum absolute atomic E-state index is 13.1. The second kappa shape index (κ2) is 8.83. The van der Waals surface area contributed by atoms with Gasteiger partial charge in [0.2, 0.25) is 11.9 Å². The minimum atomic E-state index is -0.953. The SMILES string of the molecule is CCOC(=O)C(Oc1ccc2c(c1)OC(=Cc1ccc(F)cc1)C2=O)c1ccccc1. The van der Waals surface area contributed by atoms with Gasteiger partial charge >= 0.3 is 5.97 Å². The van der Waals surface area contributed by atoms with Gasteiger partial charge in [0.1, 0.15) is 17.3 Å². The fourth-order valence-electron chi connectivity index (χ4n) is 3.19. The summed E-state index contributed by atoms with van der Waals surface area (Å²) >= 11 is 0. The van der Waals surface area contributed by atoms with Gasteiger partial charge < -0.3 is 14.2 Å². The summed E-state index contributed by atoms with van der Waals surface area (Å²) in [6.07, 6.45) is 0.596. The molecule has 0 saturated carbocycles. The van der Waals surface area contributed by atoms with Crippen LogP contribution < -0.4 is 9.47 Å². The van der Waals surface area contributed by atoms with E-state index < -0.39 is 12.1 Å². The van der Waals surface area contributed by atoms with Gasteiger partial charge in [0.25, 0.3) is 0 Å². The first kappa shape index (κ1) is 20.3. The zero-order chi connectivity index (χ0) is 21.8. The first-order valence-corrected chi connectivity index (χ1v) is 9.77. The van der Waals surface area contributed by atoms with Crippen LogP contribution in [0.2, 0.25) is 0 Å². The number of hydrogen-bond acceptors (Lipinski definition) is 5. The standard InChI is InChI=1S/C25H19FO5/c1-2-29-25(28)24(17-6-4-3-5-7-17)30-19-12-13-20-21(15-19)31-22(23(20)27)14-16-8-10-18(26)11-9-16/h3-15,24H,2H2,1H3. The van der Waals surface area contributed by atoms with Crippen LogP contribution in [0.15, 0.2) is 78.6 Å². The van der Waals surface area contributed by atoms with Crippen LogP contribution in [0, 0.1) is 5.82 Å². The highest BCUT2D eigenvalue weighted by molar-refractivity contribution is 6.14. The Kier molecular flexibility index (Phi) is 5.80. The number of ketones is 1. The number of esters is 1. The number of allylic oxidation sites excluding steroid dienone is 1. The van der Waals surface area contributed by atoms with Crippen molar-refractivity contribution in [2.45, 2.75) is 13.0 Å². The molecule has 0 amide bonds. The fourth-order valence-corrected chi connectivity index (χ4v) is 3.19. The van der Waals surface area contributed by atoms with Crippen molar-refractivity contribution < 1.29 is 28.2 Å². The molecule has 156 valence electrons. The Balaban J connectivity index is 1.58. The van der Waals surface area contributed by atoms with Crippen molar-refractivity contribution in [1.82, 2.24) is 0 Å². The van der Waals surface area contributed by atoms with Crippen LogP contribution in [0.3, 0.4) is 0 Å². The van der Waals surface area contributed by atoms with Crippen LogP contribution in [-0.2, 0) is 9.53 Å². The molecule has 3 aromatic carbocycles. The molecule has 5 nitrogen and oxygen atoms in total. The first-order valence-electron chi connectivity index (χ1n) is 9.77. The molecule has 1 aliphatic heterocycles. The van der Waals surface area contributed by atoms with Gasteiger partial charge in [-0.25, -0.2) is 9.18 Å². The maximum Gasteiger partial charge on any atom is 0.352 e. The van der Waals surface area contributed by atoms with Crippen LogP contribution in [-0.4, -0.2) is 18.4 Å². The highest BCUT2D eigenvalue weighted by Crippen LogP contribution is 2.36. The molecule has 1 atom stereocenters. The van der Waals surface area contributed by atoms with E-state index in [1.54, 1.807) is 55.5 Å². The maximum atomic E-state index is 13.1. The number of Topliss-reactive ketones (excluding diaryl/α,β-unsaturated/α-hetero) is 1. The van der Waals surface area contributed by atoms with Crippen LogP contribution >= 0.6 is 0 Å². The third-order valence-corrected chi connectivity index (χ3v) is 4.67. The number of halogens is 1. The Morgan fingerprint density at radius 3 is 2.52 bits per heavy atom. The Morgan fingerprint density at radius 2 is 1.81 bits per heavy atom. The smallest absolute Gasteiger partial charge is 0.352 e. The van der Waals surface area contributed by atoms with E-state index in [0.717, 1.165) is 0 Å². The average Bonchev–Trinajstić information content (AvgIpc) is 3.09. The molecule has 0 saturated heterocycles. The van der Waals surface area contributed by atoms with Crippen molar-refractivity contribution in [2.24, 2.45) is 0 Å². The Labute approximate surface area is 178 Å². The van der Waals surface area contributed by atoms with Crippen molar-refractivity contribution in [3.8, 4) is 11.5 Å². The molecule has 0 N–H and O–H groups in total. The summed E-state index contributed by atoms with van der Waals surface area (Å²) in [6.45, 7) is 1.95. The van der Waals surface area contributed by atoms with Gasteiger partial charge in [-0.2, -0.15) is 0 Å². The van der Waals surface area contributed by atoms with Crippen molar-refractivity contribution >= 4 is 17.8 Å². The monoisotopic (exact) mass is 418 g/mol. The molecule has 1 unspecified atom stereocenters. The molecule has 0 aromatic heterocycles. The molecular weight excluding hydrogens is 399 g/mol. The van der Waals surface area contributed by atoms with Gasteiger partial charge in [-0.15, -0.1) is 0 Å². The van der Waals surface area contributed by atoms with Gasteiger partial charge in [-0.1, -0.05) is 42.5 Å². The predicted molar refractivity (Wildman–Crippen MR) is 112 cm³/mol. The lowest BCUT2D eigenvalue weighted by Gasteiger charge is -2.18. The molecule has 0 spiro atoms. The number of benzene rings is 3. The highest BCUT2D eigenvalue weighted by Gasteiger charge is 2.29. The quantitative estimate of drug-likeness (QED) is 0.411. The van der Waals surface area contributed by atoms with E-state index in [9.17, 15) is 14.0 Å². The number of hydrogen-bond donors (Lipinski definition) is 0. The normalized spacial score (nSPS) is 14.6. The number of ether oxygens (including phenoxy) is 3. The second-order valence-corrected chi connectivity index (χ2v) is 6.81. The molecule has 4 rings (SSSR count). The van der Waals surface area contributed by atoms with Gasteiger partial charge in [-0.05, 0) is 42.8 Å². The second-order valence-electron chi connectivity index (χ2n) is 6.81.